The van der Waals surface area contributed by atoms with E-state index in [-0.39, 0.29) is 25.7 Å². The molecule has 0 unspecified atom stereocenters. The van der Waals surface area contributed by atoms with E-state index < -0.39 is 12.8 Å². The normalized spacial score (nSPS) is 11.7. The van der Waals surface area contributed by atoms with Gasteiger partial charge in [-0.25, -0.2) is 0 Å². The van der Waals surface area contributed by atoms with Crippen molar-refractivity contribution in [3.8, 4) is 0 Å². The molecule has 0 atom stereocenters. The molecule has 0 aromatic heterocycles. The summed E-state index contributed by atoms with van der Waals surface area (Å²) < 4.78 is 40.6. The smallest absolute Gasteiger partial charge is 0.395 e. The Balaban J connectivity index is 2.50. The number of ether oxygens (including phenoxy) is 1. The maximum Gasteiger partial charge on any atom is 0.411 e. The Kier molecular flexibility index (Phi) is 8.01. The number of rotatable bonds is 9. The first kappa shape index (κ1) is 19.4. The molecule has 0 aliphatic heterocycles. The standard InChI is InChI=1S/C15H21F3N2O3/c1-19-14(22)13-4-2-12(3-5-13)10-20(6-8-21)7-9-23-11-15(16,17)18/h2-5,21H,6-11H2,1H3,(H,19,22). The van der Waals surface area contributed by atoms with E-state index in [4.69, 9.17) is 5.11 Å². The lowest BCUT2D eigenvalue weighted by atomic mass is 10.1. The van der Waals surface area contributed by atoms with Crippen LogP contribution in [0.1, 0.15) is 15.9 Å². The van der Waals surface area contributed by atoms with Gasteiger partial charge >= 0.3 is 6.18 Å². The van der Waals surface area contributed by atoms with Crippen LogP contribution in [0.5, 0.6) is 0 Å². The minimum atomic E-state index is -4.34. The van der Waals surface area contributed by atoms with Crippen LogP contribution in [-0.4, -0.2) is 62.0 Å². The van der Waals surface area contributed by atoms with Crippen LogP contribution in [0.2, 0.25) is 0 Å². The summed E-state index contributed by atoms with van der Waals surface area (Å²) in [5, 5.41) is 11.6. The minimum absolute atomic E-state index is 0.0736. The highest BCUT2D eigenvalue weighted by atomic mass is 19.4. The van der Waals surface area contributed by atoms with Crippen LogP contribution in [0, 0.1) is 0 Å². The van der Waals surface area contributed by atoms with Crippen LogP contribution in [0.25, 0.3) is 0 Å². The van der Waals surface area contributed by atoms with E-state index in [2.05, 4.69) is 10.1 Å². The quantitative estimate of drug-likeness (QED) is 0.671. The van der Waals surface area contributed by atoms with Gasteiger partial charge in [0.25, 0.3) is 5.91 Å². The fraction of sp³-hybridized carbons (Fsp3) is 0.533. The van der Waals surface area contributed by atoms with Gasteiger partial charge in [-0.1, -0.05) is 12.1 Å². The highest BCUT2D eigenvalue weighted by Gasteiger charge is 2.27. The van der Waals surface area contributed by atoms with Crippen molar-refractivity contribution in [2.24, 2.45) is 0 Å². The van der Waals surface area contributed by atoms with Crippen LogP contribution in [0.4, 0.5) is 13.2 Å². The Hall–Kier alpha value is -1.64. The average molecular weight is 334 g/mol. The van der Waals surface area contributed by atoms with Gasteiger partial charge in [-0.3, -0.25) is 9.69 Å². The van der Waals surface area contributed by atoms with Gasteiger partial charge in [-0.2, -0.15) is 13.2 Å². The number of aliphatic hydroxyl groups is 1. The number of carbonyl (C=O) groups is 1. The summed E-state index contributed by atoms with van der Waals surface area (Å²) in [5.41, 5.74) is 1.42. The minimum Gasteiger partial charge on any atom is -0.395 e. The Labute approximate surface area is 133 Å². The molecule has 0 heterocycles. The fourth-order valence-corrected chi connectivity index (χ4v) is 1.96. The molecule has 0 radical (unpaired) electrons. The lowest BCUT2D eigenvalue weighted by molar-refractivity contribution is -0.174. The summed E-state index contributed by atoms with van der Waals surface area (Å²) in [6, 6.07) is 6.88. The number of nitrogens with one attached hydrogen (secondary N) is 1. The molecule has 0 bridgehead atoms. The summed E-state index contributed by atoms with van der Waals surface area (Å²) in [6.07, 6.45) is -4.34. The van der Waals surface area contributed by atoms with Crippen molar-refractivity contribution < 1.29 is 27.8 Å². The molecule has 5 nitrogen and oxygen atoms in total. The first-order valence-electron chi connectivity index (χ1n) is 7.14. The molecule has 1 aromatic carbocycles. The van der Waals surface area contributed by atoms with E-state index in [1.165, 1.54) is 0 Å². The third-order valence-electron chi connectivity index (χ3n) is 3.08. The zero-order chi connectivity index (χ0) is 17.3. The predicted molar refractivity (Wildman–Crippen MR) is 79.1 cm³/mol. The molecule has 0 saturated carbocycles. The number of amides is 1. The Bertz CT molecular complexity index is 478. The van der Waals surface area contributed by atoms with Gasteiger partial charge in [-0.15, -0.1) is 0 Å². The van der Waals surface area contributed by atoms with Crippen molar-refractivity contribution in [1.82, 2.24) is 10.2 Å². The molecule has 1 aromatic rings. The molecule has 23 heavy (non-hydrogen) atoms. The molecule has 0 spiro atoms. The maximum atomic E-state index is 12.0. The molecule has 1 amide bonds. The van der Waals surface area contributed by atoms with Gasteiger partial charge in [0.15, 0.2) is 0 Å². The number of alkyl halides is 3. The van der Waals surface area contributed by atoms with Crippen LogP contribution in [-0.2, 0) is 11.3 Å². The van der Waals surface area contributed by atoms with E-state index in [1.807, 2.05) is 0 Å². The summed E-state index contributed by atoms with van der Waals surface area (Å²) in [4.78, 5) is 13.2. The molecule has 0 saturated heterocycles. The summed E-state index contributed by atoms with van der Waals surface area (Å²) in [5.74, 6) is -0.190. The van der Waals surface area contributed by atoms with E-state index in [9.17, 15) is 18.0 Å². The van der Waals surface area contributed by atoms with Crippen LogP contribution >= 0.6 is 0 Å². The fourth-order valence-electron chi connectivity index (χ4n) is 1.96. The highest BCUT2D eigenvalue weighted by molar-refractivity contribution is 5.93. The number of hydrogen-bond donors (Lipinski definition) is 2. The second kappa shape index (κ2) is 9.49. The van der Waals surface area contributed by atoms with Crippen LogP contribution in [0.15, 0.2) is 24.3 Å². The molecule has 130 valence electrons. The SMILES string of the molecule is CNC(=O)c1ccc(CN(CCO)CCOCC(F)(F)F)cc1. The van der Waals surface area contributed by atoms with Gasteiger partial charge < -0.3 is 15.2 Å². The lowest BCUT2D eigenvalue weighted by Crippen LogP contribution is -2.31. The number of halogens is 3. The number of hydrogen-bond acceptors (Lipinski definition) is 4. The Morgan fingerprint density at radius 1 is 1.26 bits per heavy atom. The van der Waals surface area contributed by atoms with Gasteiger partial charge in [0, 0.05) is 32.2 Å². The zero-order valence-electron chi connectivity index (χ0n) is 12.9. The Morgan fingerprint density at radius 3 is 2.43 bits per heavy atom. The van der Waals surface area contributed by atoms with Crippen molar-refractivity contribution >= 4 is 5.91 Å². The summed E-state index contributed by atoms with van der Waals surface area (Å²) >= 11 is 0. The van der Waals surface area contributed by atoms with Crippen molar-refractivity contribution in [1.29, 1.82) is 0 Å². The molecule has 0 fully saturated rings. The Morgan fingerprint density at radius 2 is 1.91 bits per heavy atom. The molecule has 1 rings (SSSR count). The van der Waals surface area contributed by atoms with Crippen molar-refractivity contribution in [2.75, 3.05) is 40.0 Å². The number of aliphatic hydroxyl groups excluding tert-OH is 1. The molecular formula is C15H21F3N2O3. The number of benzene rings is 1. The molecule has 2 N–H and O–H groups in total. The van der Waals surface area contributed by atoms with E-state index in [1.54, 1.807) is 36.2 Å². The largest absolute Gasteiger partial charge is 0.411 e. The van der Waals surface area contributed by atoms with E-state index in [0.29, 0.717) is 18.7 Å². The predicted octanol–water partition coefficient (Wildman–Crippen LogP) is 1.42. The van der Waals surface area contributed by atoms with Crippen LogP contribution < -0.4 is 5.32 Å². The molecule has 0 aliphatic rings. The number of nitrogens with zero attached hydrogens (tertiary/aromatic N) is 1. The third-order valence-corrected chi connectivity index (χ3v) is 3.08. The second-order valence-corrected chi connectivity index (χ2v) is 4.94. The van der Waals surface area contributed by atoms with E-state index >= 15 is 0 Å². The third kappa shape index (κ3) is 7.96. The molecule has 8 heteroatoms. The second-order valence-electron chi connectivity index (χ2n) is 4.94. The summed E-state index contributed by atoms with van der Waals surface area (Å²) in [7, 11) is 1.54. The monoisotopic (exact) mass is 334 g/mol. The lowest BCUT2D eigenvalue weighted by Gasteiger charge is -2.21. The summed E-state index contributed by atoms with van der Waals surface area (Å²) in [6.45, 7) is -0.406. The first-order valence-corrected chi connectivity index (χ1v) is 7.14. The van der Waals surface area contributed by atoms with Gasteiger partial charge in [0.1, 0.15) is 6.61 Å². The van der Waals surface area contributed by atoms with Crippen molar-refractivity contribution in [3.63, 3.8) is 0 Å². The molecular weight excluding hydrogens is 313 g/mol. The van der Waals surface area contributed by atoms with E-state index in [0.717, 1.165) is 5.56 Å². The van der Waals surface area contributed by atoms with Crippen molar-refractivity contribution in [3.05, 3.63) is 35.4 Å². The topological polar surface area (TPSA) is 61.8 Å². The van der Waals surface area contributed by atoms with Crippen molar-refractivity contribution in [2.45, 2.75) is 12.7 Å². The van der Waals surface area contributed by atoms with Gasteiger partial charge in [-0.05, 0) is 17.7 Å². The average Bonchev–Trinajstić information content (AvgIpc) is 2.50. The van der Waals surface area contributed by atoms with Gasteiger partial charge in [0.05, 0.1) is 13.2 Å². The van der Waals surface area contributed by atoms with Gasteiger partial charge in [0.2, 0.25) is 0 Å². The van der Waals surface area contributed by atoms with Crippen LogP contribution in [0.3, 0.4) is 0 Å². The maximum absolute atomic E-state index is 12.0. The highest BCUT2D eigenvalue weighted by Crippen LogP contribution is 2.14. The first-order chi connectivity index (χ1) is 10.9. The zero-order valence-corrected chi connectivity index (χ0v) is 12.9. The number of carbonyl (C=O) groups excluding carboxylic acids is 1. The molecule has 0 aliphatic carbocycles.